The van der Waals surface area contributed by atoms with Crippen LogP contribution < -0.4 is 5.32 Å². The van der Waals surface area contributed by atoms with E-state index >= 15 is 0 Å². The molecule has 2 heterocycles. The Morgan fingerprint density at radius 3 is 3.05 bits per heavy atom. The van der Waals surface area contributed by atoms with E-state index in [-0.39, 0.29) is 24.6 Å². The van der Waals surface area contributed by atoms with Crippen molar-refractivity contribution in [1.29, 1.82) is 0 Å². The number of rotatable bonds is 4. The maximum absolute atomic E-state index is 13.2. The van der Waals surface area contributed by atoms with Gasteiger partial charge in [0.15, 0.2) is 0 Å². The van der Waals surface area contributed by atoms with Crippen LogP contribution >= 0.6 is 0 Å². The van der Waals surface area contributed by atoms with Gasteiger partial charge in [0.2, 0.25) is 5.92 Å². The summed E-state index contributed by atoms with van der Waals surface area (Å²) in [6.07, 6.45) is 1.84. The number of carboxylic acids is 1. The quantitative estimate of drug-likeness (QED) is 0.810. The fourth-order valence-corrected chi connectivity index (χ4v) is 2.74. The highest BCUT2D eigenvalue weighted by Crippen LogP contribution is 2.35. The number of hydrogen-bond donors (Lipinski definition) is 3. The molecule has 0 spiro atoms. The molecule has 0 radical (unpaired) electrons. The van der Waals surface area contributed by atoms with E-state index in [0.717, 1.165) is 11.1 Å². The maximum Gasteiger partial charge on any atom is 0.354 e. The molecule has 0 saturated heterocycles. The van der Waals surface area contributed by atoms with Gasteiger partial charge in [0.25, 0.3) is 0 Å². The van der Waals surface area contributed by atoms with Gasteiger partial charge < -0.3 is 15.4 Å². The number of hydrogen-bond acceptors (Lipinski definition) is 3. The zero-order valence-corrected chi connectivity index (χ0v) is 11.2. The molecule has 3 rings (SSSR count). The van der Waals surface area contributed by atoms with Gasteiger partial charge in [0.1, 0.15) is 5.69 Å². The lowest BCUT2D eigenvalue weighted by Gasteiger charge is -2.13. The van der Waals surface area contributed by atoms with Crippen LogP contribution in [0.15, 0.2) is 18.3 Å². The first-order valence-corrected chi connectivity index (χ1v) is 6.76. The van der Waals surface area contributed by atoms with Crippen LogP contribution in [0.2, 0.25) is 0 Å². The monoisotopic (exact) mass is 295 g/mol. The lowest BCUT2D eigenvalue weighted by Crippen LogP contribution is -2.27. The largest absolute Gasteiger partial charge is 0.477 e. The van der Waals surface area contributed by atoms with Crippen molar-refractivity contribution in [2.24, 2.45) is 0 Å². The van der Waals surface area contributed by atoms with Crippen LogP contribution in [-0.4, -0.2) is 33.0 Å². The van der Waals surface area contributed by atoms with Crippen molar-refractivity contribution in [3.8, 4) is 0 Å². The molecule has 1 fully saturated rings. The second-order valence-electron chi connectivity index (χ2n) is 5.39. The van der Waals surface area contributed by atoms with E-state index in [1.807, 2.05) is 0 Å². The molecule has 5 nitrogen and oxygen atoms in total. The van der Waals surface area contributed by atoms with Gasteiger partial charge in [-0.3, -0.25) is 0 Å². The minimum Gasteiger partial charge on any atom is -0.477 e. The molecule has 1 atom stereocenters. The highest BCUT2D eigenvalue weighted by Gasteiger charge is 2.39. The summed E-state index contributed by atoms with van der Waals surface area (Å²) in [5, 5.41) is 12.1. The Morgan fingerprint density at radius 1 is 1.57 bits per heavy atom. The molecule has 21 heavy (non-hydrogen) atoms. The van der Waals surface area contributed by atoms with Gasteiger partial charge in [-0.2, -0.15) is 0 Å². The van der Waals surface area contributed by atoms with Crippen molar-refractivity contribution in [3.05, 3.63) is 29.6 Å². The van der Waals surface area contributed by atoms with E-state index in [1.165, 1.54) is 6.07 Å². The fraction of sp³-hybridized carbons (Fsp3) is 0.429. The molecule has 0 aliphatic heterocycles. The van der Waals surface area contributed by atoms with Gasteiger partial charge >= 0.3 is 5.97 Å². The van der Waals surface area contributed by atoms with E-state index in [4.69, 9.17) is 5.11 Å². The molecule has 1 saturated carbocycles. The van der Waals surface area contributed by atoms with E-state index in [9.17, 15) is 13.6 Å². The average molecular weight is 295 g/mol. The number of halogens is 2. The van der Waals surface area contributed by atoms with E-state index in [0.29, 0.717) is 18.5 Å². The lowest BCUT2D eigenvalue weighted by atomic mass is 10.1. The van der Waals surface area contributed by atoms with Crippen LogP contribution in [0.3, 0.4) is 0 Å². The molecule has 0 unspecified atom stereocenters. The standard InChI is InChI=1S/C14H15F2N3O2/c15-14(16)3-1-9(6-14)18-7-8-5-11(13(20)21)19-10-2-4-17-12(8)10/h2,4-5,9,17-18H,1,3,6-7H2,(H,20,21)/t9-/m0/s1. The zero-order chi connectivity index (χ0) is 15.0. The summed E-state index contributed by atoms with van der Waals surface area (Å²) in [7, 11) is 0. The SMILES string of the molecule is O=C(O)c1cc(CN[C@H]2CCC(F)(F)C2)c2[nH]ccc2n1. The van der Waals surface area contributed by atoms with Gasteiger partial charge in [-0.25, -0.2) is 18.6 Å². The van der Waals surface area contributed by atoms with Gasteiger partial charge in [-0.05, 0) is 24.1 Å². The number of H-pyrrole nitrogens is 1. The predicted molar refractivity (Wildman–Crippen MR) is 72.5 cm³/mol. The molecule has 7 heteroatoms. The fourth-order valence-electron chi connectivity index (χ4n) is 2.74. The number of carbonyl (C=O) groups is 1. The van der Waals surface area contributed by atoms with Crippen LogP contribution in [0, 0.1) is 0 Å². The van der Waals surface area contributed by atoms with Crippen LogP contribution in [0.1, 0.15) is 35.3 Å². The highest BCUT2D eigenvalue weighted by atomic mass is 19.3. The Morgan fingerprint density at radius 2 is 2.38 bits per heavy atom. The van der Waals surface area contributed by atoms with E-state index < -0.39 is 11.9 Å². The second kappa shape index (κ2) is 5.07. The normalized spacial score (nSPS) is 21.0. The Labute approximate surface area is 119 Å². The third-order valence-corrected chi connectivity index (χ3v) is 3.80. The first kappa shape index (κ1) is 13.9. The number of aromatic amines is 1. The third kappa shape index (κ3) is 2.87. The van der Waals surface area contributed by atoms with Crippen molar-refractivity contribution >= 4 is 17.0 Å². The summed E-state index contributed by atoms with van der Waals surface area (Å²) >= 11 is 0. The molecule has 1 aliphatic carbocycles. The molecule has 0 amide bonds. The highest BCUT2D eigenvalue weighted by molar-refractivity contribution is 5.90. The number of nitrogens with one attached hydrogen (secondary N) is 2. The van der Waals surface area contributed by atoms with Gasteiger partial charge in [-0.1, -0.05) is 0 Å². The average Bonchev–Trinajstić information content (AvgIpc) is 3.01. The first-order valence-electron chi connectivity index (χ1n) is 6.76. The lowest BCUT2D eigenvalue weighted by molar-refractivity contribution is 0.00687. The van der Waals surface area contributed by atoms with Gasteiger partial charge in [-0.15, -0.1) is 0 Å². The summed E-state index contributed by atoms with van der Waals surface area (Å²) in [6, 6.07) is 2.92. The van der Waals surface area contributed by atoms with Crippen LogP contribution in [0.4, 0.5) is 8.78 Å². The van der Waals surface area contributed by atoms with Gasteiger partial charge in [0.05, 0.1) is 11.0 Å². The third-order valence-electron chi connectivity index (χ3n) is 3.80. The van der Waals surface area contributed by atoms with Crippen molar-refractivity contribution in [2.75, 3.05) is 0 Å². The number of alkyl halides is 2. The van der Waals surface area contributed by atoms with Crippen LogP contribution in [0.5, 0.6) is 0 Å². The molecule has 0 aromatic carbocycles. The molecule has 1 aliphatic rings. The first-order chi connectivity index (χ1) is 9.94. The number of fused-ring (bicyclic) bond motifs is 1. The number of nitrogens with zero attached hydrogens (tertiary/aromatic N) is 1. The minimum absolute atomic E-state index is 0.0457. The van der Waals surface area contributed by atoms with Gasteiger partial charge in [0, 0.05) is 31.6 Å². The topological polar surface area (TPSA) is 78.0 Å². The molecule has 2 aromatic heterocycles. The van der Waals surface area contributed by atoms with E-state index in [1.54, 1.807) is 12.3 Å². The van der Waals surface area contributed by atoms with Crippen molar-refractivity contribution < 1.29 is 18.7 Å². The smallest absolute Gasteiger partial charge is 0.354 e. The Balaban J connectivity index is 1.80. The summed E-state index contributed by atoms with van der Waals surface area (Å²) in [5.41, 5.74) is 1.97. The van der Waals surface area contributed by atoms with Crippen molar-refractivity contribution in [1.82, 2.24) is 15.3 Å². The maximum atomic E-state index is 13.2. The number of aromatic nitrogens is 2. The van der Waals surface area contributed by atoms with Crippen LogP contribution in [-0.2, 0) is 6.54 Å². The number of aromatic carboxylic acids is 1. The number of pyridine rings is 1. The van der Waals surface area contributed by atoms with Crippen LogP contribution in [0.25, 0.3) is 11.0 Å². The summed E-state index contributed by atoms with van der Waals surface area (Å²) in [5.74, 6) is -3.70. The number of carboxylic acid groups (broad SMARTS) is 1. The van der Waals surface area contributed by atoms with E-state index in [2.05, 4.69) is 15.3 Å². The minimum atomic E-state index is -2.59. The summed E-state index contributed by atoms with van der Waals surface area (Å²) in [4.78, 5) is 18.1. The second-order valence-corrected chi connectivity index (χ2v) is 5.39. The molecular formula is C14H15F2N3O2. The Hall–Kier alpha value is -2.02. The summed E-state index contributed by atoms with van der Waals surface area (Å²) in [6.45, 7) is 0.334. The molecular weight excluding hydrogens is 280 g/mol. The van der Waals surface area contributed by atoms with Crippen molar-refractivity contribution in [2.45, 2.75) is 37.8 Å². The molecule has 112 valence electrons. The zero-order valence-electron chi connectivity index (χ0n) is 11.2. The Kier molecular flexibility index (Phi) is 3.36. The Bertz CT molecular complexity index is 684. The summed E-state index contributed by atoms with van der Waals surface area (Å²) < 4.78 is 26.3. The molecule has 2 aromatic rings. The van der Waals surface area contributed by atoms with Crippen molar-refractivity contribution in [3.63, 3.8) is 0 Å². The molecule has 0 bridgehead atoms. The predicted octanol–water partition coefficient (Wildman–Crippen LogP) is 2.54. The molecule has 3 N–H and O–H groups in total.